The second-order valence-corrected chi connectivity index (χ2v) is 5.14. The highest BCUT2D eigenvalue weighted by atomic mass is 16.3. The minimum Gasteiger partial charge on any atom is -0.385 e. The van der Waals surface area contributed by atoms with Gasteiger partial charge in [0.1, 0.15) is 6.10 Å². The molecule has 1 amide bonds. The Kier molecular flexibility index (Phi) is 3.31. The molecule has 1 N–H and O–H groups in total. The summed E-state index contributed by atoms with van der Waals surface area (Å²) in [7, 11) is 0. The van der Waals surface area contributed by atoms with Gasteiger partial charge in [-0.2, -0.15) is 0 Å². The van der Waals surface area contributed by atoms with Crippen molar-refractivity contribution in [1.82, 2.24) is 0 Å². The van der Waals surface area contributed by atoms with Gasteiger partial charge in [-0.3, -0.25) is 9.59 Å². The van der Waals surface area contributed by atoms with E-state index in [4.69, 9.17) is 0 Å². The fourth-order valence-electron chi connectivity index (χ4n) is 2.51. The summed E-state index contributed by atoms with van der Waals surface area (Å²) >= 11 is 0. The minimum absolute atomic E-state index is 0.0276. The molecule has 21 heavy (non-hydrogen) atoms. The maximum absolute atomic E-state index is 12.3. The van der Waals surface area contributed by atoms with Crippen molar-refractivity contribution in [2.24, 2.45) is 0 Å². The number of carbonyl (C=O) groups excluding carboxylic acids is 2. The van der Waals surface area contributed by atoms with Crippen LogP contribution in [-0.4, -0.2) is 22.9 Å². The Morgan fingerprint density at radius 1 is 1.14 bits per heavy atom. The molecule has 0 bridgehead atoms. The van der Waals surface area contributed by atoms with E-state index in [0.29, 0.717) is 12.1 Å². The van der Waals surface area contributed by atoms with Crippen LogP contribution in [0.2, 0.25) is 0 Å². The molecule has 0 spiro atoms. The van der Waals surface area contributed by atoms with Crippen LogP contribution in [0.25, 0.3) is 0 Å². The molecule has 1 aliphatic rings. The fraction of sp³-hybridized carbons (Fsp3) is 0.176. The molecule has 2 aromatic carbocycles. The van der Waals surface area contributed by atoms with Gasteiger partial charge in [-0.1, -0.05) is 18.2 Å². The van der Waals surface area contributed by atoms with Gasteiger partial charge < -0.3 is 10.0 Å². The van der Waals surface area contributed by atoms with E-state index in [2.05, 4.69) is 0 Å². The summed E-state index contributed by atoms with van der Waals surface area (Å²) in [4.78, 5) is 25.7. The fourth-order valence-corrected chi connectivity index (χ4v) is 2.51. The molecule has 0 radical (unpaired) electrons. The van der Waals surface area contributed by atoms with Crippen LogP contribution < -0.4 is 4.90 Å². The Balaban J connectivity index is 1.87. The summed E-state index contributed by atoms with van der Waals surface area (Å²) in [6, 6.07) is 14.3. The summed E-state index contributed by atoms with van der Waals surface area (Å²) in [6.45, 7) is 1.98. The maximum atomic E-state index is 12.3. The molecule has 0 aliphatic carbocycles. The topological polar surface area (TPSA) is 57.6 Å². The number of hydrogen-bond donors (Lipinski definition) is 1. The summed E-state index contributed by atoms with van der Waals surface area (Å²) in [6.07, 6.45) is -1.02. The third-order valence-electron chi connectivity index (χ3n) is 3.66. The van der Waals surface area contributed by atoms with Crippen LogP contribution in [0.4, 0.5) is 5.69 Å². The van der Waals surface area contributed by atoms with Crippen LogP contribution in [0, 0.1) is 0 Å². The molecule has 3 rings (SSSR count). The number of nitrogens with zero attached hydrogens (tertiary/aromatic N) is 1. The van der Waals surface area contributed by atoms with E-state index < -0.39 is 6.10 Å². The maximum Gasteiger partial charge on any atom is 0.258 e. The van der Waals surface area contributed by atoms with Crippen molar-refractivity contribution >= 4 is 17.4 Å². The van der Waals surface area contributed by atoms with E-state index >= 15 is 0 Å². The van der Waals surface area contributed by atoms with Crippen molar-refractivity contribution in [2.75, 3.05) is 4.90 Å². The average Bonchev–Trinajstić information content (AvgIpc) is 2.84. The number of anilines is 1. The highest BCUT2D eigenvalue weighted by molar-refractivity contribution is 6.10. The summed E-state index contributed by atoms with van der Waals surface area (Å²) < 4.78 is 0. The molecule has 0 aromatic heterocycles. The van der Waals surface area contributed by atoms with Crippen LogP contribution in [-0.2, 0) is 6.54 Å². The molecule has 1 heterocycles. The number of benzene rings is 2. The molecule has 0 saturated carbocycles. The number of carbonyl (C=O) groups is 2. The predicted octanol–water partition coefficient (Wildman–Crippen LogP) is 2.41. The number of amides is 1. The minimum atomic E-state index is -1.02. The van der Waals surface area contributed by atoms with Crippen molar-refractivity contribution < 1.29 is 14.7 Å². The lowest BCUT2D eigenvalue weighted by molar-refractivity contribution is 0.0779. The third-order valence-corrected chi connectivity index (χ3v) is 3.66. The molecule has 2 aromatic rings. The Morgan fingerprint density at radius 3 is 2.43 bits per heavy atom. The van der Waals surface area contributed by atoms with Gasteiger partial charge in [0.2, 0.25) is 0 Å². The Hall–Kier alpha value is -2.46. The van der Waals surface area contributed by atoms with Gasteiger partial charge in [0, 0.05) is 16.8 Å². The predicted molar refractivity (Wildman–Crippen MR) is 79.4 cm³/mol. The van der Waals surface area contributed by atoms with E-state index in [1.54, 1.807) is 29.2 Å². The van der Waals surface area contributed by atoms with Crippen LogP contribution in [0.5, 0.6) is 0 Å². The van der Waals surface area contributed by atoms with Crippen molar-refractivity contribution in [1.29, 1.82) is 0 Å². The molecular formula is C17H15NO3. The second kappa shape index (κ2) is 5.14. The first-order chi connectivity index (χ1) is 10.1. The van der Waals surface area contributed by atoms with E-state index in [-0.39, 0.29) is 11.7 Å². The van der Waals surface area contributed by atoms with Crippen LogP contribution in [0.3, 0.4) is 0 Å². The lowest BCUT2D eigenvalue weighted by Gasteiger charge is -2.16. The smallest absolute Gasteiger partial charge is 0.258 e. The molecule has 1 aliphatic heterocycles. The van der Waals surface area contributed by atoms with Gasteiger partial charge in [-0.05, 0) is 42.8 Å². The molecule has 0 saturated heterocycles. The SMILES string of the molecule is CC(O)C(=O)c1ccc(N2Cc3ccccc3C2=O)cc1. The Labute approximate surface area is 122 Å². The van der Waals surface area contributed by atoms with Gasteiger partial charge in [0.25, 0.3) is 5.91 Å². The van der Waals surface area contributed by atoms with Crippen LogP contribution in [0.1, 0.15) is 33.2 Å². The Morgan fingerprint density at radius 2 is 1.81 bits per heavy atom. The van der Waals surface area contributed by atoms with Gasteiger partial charge in [0.05, 0.1) is 6.54 Å². The zero-order valence-electron chi connectivity index (χ0n) is 11.6. The zero-order valence-corrected chi connectivity index (χ0v) is 11.6. The molecule has 1 unspecified atom stereocenters. The van der Waals surface area contributed by atoms with Gasteiger partial charge in [-0.15, -0.1) is 0 Å². The number of fused-ring (bicyclic) bond motifs is 1. The monoisotopic (exact) mass is 281 g/mol. The summed E-state index contributed by atoms with van der Waals surface area (Å²) in [5, 5.41) is 9.30. The van der Waals surface area contributed by atoms with Crippen molar-refractivity contribution in [3.63, 3.8) is 0 Å². The second-order valence-electron chi connectivity index (χ2n) is 5.14. The highest BCUT2D eigenvalue weighted by Gasteiger charge is 2.27. The number of hydrogen-bond acceptors (Lipinski definition) is 3. The number of ketones is 1. The van der Waals surface area contributed by atoms with E-state index in [1.807, 2.05) is 24.3 Å². The number of aliphatic hydroxyl groups excluding tert-OH is 1. The average molecular weight is 281 g/mol. The first kappa shape index (κ1) is 13.5. The lowest BCUT2D eigenvalue weighted by Crippen LogP contribution is -2.23. The molecule has 0 fully saturated rings. The standard InChI is InChI=1S/C17H15NO3/c1-11(19)16(20)12-6-8-14(9-7-12)18-10-13-4-2-3-5-15(13)17(18)21/h2-9,11,19H,10H2,1H3. The number of Topliss-reactive ketones (excluding diaryl/α,β-unsaturated/α-hetero) is 1. The number of rotatable bonds is 3. The Bertz CT molecular complexity index is 704. The largest absolute Gasteiger partial charge is 0.385 e. The number of aliphatic hydroxyl groups is 1. The first-order valence-corrected chi connectivity index (χ1v) is 6.80. The van der Waals surface area contributed by atoms with E-state index in [9.17, 15) is 14.7 Å². The van der Waals surface area contributed by atoms with Crippen LogP contribution >= 0.6 is 0 Å². The van der Waals surface area contributed by atoms with Crippen molar-refractivity contribution in [3.05, 3.63) is 65.2 Å². The molecule has 4 heteroatoms. The summed E-state index contributed by atoms with van der Waals surface area (Å²) in [5.41, 5.74) is 2.92. The van der Waals surface area contributed by atoms with E-state index in [1.165, 1.54) is 6.92 Å². The van der Waals surface area contributed by atoms with Gasteiger partial charge >= 0.3 is 0 Å². The quantitative estimate of drug-likeness (QED) is 0.879. The molecular weight excluding hydrogens is 266 g/mol. The summed E-state index contributed by atoms with van der Waals surface area (Å²) in [5.74, 6) is -0.349. The molecule has 4 nitrogen and oxygen atoms in total. The van der Waals surface area contributed by atoms with Gasteiger partial charge in [0.15, 0.2) is 5.78 Å². The highest BCUT2D eigenvalue weighted by Crippen LogP contribution is 2.28. The molecule has 1 atom stereocenters. The van der Waals surface area contributed by atoms with Crippen molar-refractivity contribution in [3.8, 4) is 0 Å². The van der Waals surface area contributed by atoms with E-state index in [0.717, 1.165) is 16.8 Å². The molecule has 106 valence electrons. The first-order valence-electron chi connectivity index (χ1n) is 6.80. The zero-order chi connectivity index (χ0) is 15.0. The lowest BCUT2D eigenvalue weighted by atomic mass is 10.1. The third kappa shape index (κ3) is 2.34. The van der Waals surface area contributed by atoms with Crippen LogP contribution in [0.15, 0.2) is 48.5 Å². The normalized spacial score (nSPS) is 15.0. The van der Waals surface area contributed by atoms with Crippen molar-refractivity contribution in [2.45, 2.75) is 19.6 Å². The van der Waals surface area contributed by atoms with Gasteiger partial charge in [-0.25, -0.2) is 0 Å².